The van der Waals surface area contributed by atoms with Crippen LogP contribution in [0.4, 0.5) is 10.5 Å². The molecule has 1 aromatic carbocycles. The molecule has 0 unspecified atom stereocenters. The Morgan fingerprint density at radius 1 is 1.19 bits per heavy atom. The highest BCUT2D eigenvalue weighted by Gasteiger charge is 2.09. The molecule has 1 amide bonds. The smallest absolute Gasteiger partial charge is 0.412 e. The van der Waals surface area contributed by atoms with Crippen LogP contribution in [0, 0.1) is 13.8 Å². The van der Waals surface area contributed by atoms with Gasteiger partial charge in [0.05, 0.1) is 18.4 Å². The predicted molar refractivity (Wildman–Crippen MR) is 99.8 cm³/mol. The van der Waals surface area contributed by atoms with E-state index in [2.05, 4.69) is 10.4 Å². The molecule has 1 N–H and O–H groups in total. The number of nitrogens with one attached hydrogen (secondary N) is 1. The van der Waals surface area contributed by atoms with Gasteiger partial charge < -0.3 is 9.15 Å². The molecule has 0 saturated carbocycles. The Hall–Kier alpha value is -3.35. The van der Waals surface area contributed by atoms with Crippen LogP contribution in [0.3, 0.4) is 0 Å². The molecular formula is C20H21N3O4. The molecule has 0 saturated heterocycles. The fourth-order valence-electron chi connectivity index (χ4n) is 2.52. The number of carbonyl (C=O) groups excluding carboxylic acids is 2. The van der Waals surface area contributed by atoms with Crippen molar-refractivity contribution >= 4 is 17.6 Å². The van der Waals surface area contributed by atoms with Gasteiger partial charge in [0, 0.05) is 13.1 Å². The second-order valence-corrected chi connectivity index (χ2v) is 6.37. The zero-order chi connectivity index (χ0) is 19.4. The van der Waals surface area contributed by atoms with E-state index in [1.165, 1.54) is 18.7 Å². The van der Waals surface area contributed by atoms with E-state index < -0.39 is 6.09 Å². The van der Waals surface area contributed by atoms with Crippen molar-refractivity contribution in [2.45, 2.75) is 33.9 Å². The number of nitrogens with zero attached hydrogens (tertiary/aromatic N) is 2. The zero-order valence-electron chi connectivity index (χ0n) is 15.5. The third-order valence-electron chi connectivity index (χ3n) is 4.15. The van der Waals surface area contributed by atoms with Crippen LogP contribution >= 0.6 is 0 Å². The van der Waals surface area contributed by atoms with Gasteiger partial charge in [-0.3, -0.25) is 14.8 Å². The topological polar surface area (TPSA) is 86.4 Å². The molecule has 3 aromatic rings. The molecule has 2 aromatic heterocycles. The van der Waals surface area contributed by atoms with Crippen LogP contribution in [-0.2, 0) is 17.9 Å². The van der Waals surface area contributed by atoms with Crippen LogP contribution in [0.25, 0.3) is 0 Å². The van der Waals surface area contributed by atoms with Crippen molar-refractivity contribution in [3.8, 4) is 0 Å². The van der Waals surface area contributed by atoms with Crippen LogP contribution in [0.15, 0.2) is 47.1 Å². The number of Topliss-reactive ketones (excluding diaryl/α,β-unsaturated/α-hetero) is 1. The summed E-state index contributed by atoms with van der Waals surface area (Å²) in [5.41, 5.74) is 3.80. The molecule has 2 heterocycles. The summed E-state index contributed by atoms with van der Waals surface area (Å²) in [6, 6.07) is 9.29. The van der Waals surface area contributed by atoms with Crippen LogP contribution in [0.1, 0.15) is 39.9 Å². The maximum Gasteiger partial charge on any atom is 0.412 e. The number of ether oxygens (including phenoxy) is 1. The first kappa shape index (κ1) is 18.4. The van der Waals surface area contributed by atoms with Gasteiger partial charge in [-0.2, -0.15) is 5.10 Å². The largest absolute Gasteiger partial charge is 0.456 e. The number of aromatic nitrogens is 2. The third-order valence-corrected chi connectivity index (χ3v) is 4.15. The maximum absolute atomic E-state index is 12.0. The minimum Gasteiger partial charge on any atom is -0.456 e. The number of anilines is 1. The number of amides is 1. The SMILES string of the molecule is CC(=O)c1ccc(Cn2cc(NC(=O)OCc3ccc(C)c(C)c3)cn2)o1. The van der Waals surface area contributed by atoms with Gasteiger partial charge in [-0.05, 0) is 42.7 Å². The zero-order valence-corrected chi connectivity index (χ0v) is 15.5. The molecule has 3 rings (SSSR count). The Kier molecular flexibility index (Phi) is 5.40. The molecule has 7 heteroatoms. The predicted octanol–water partition coefficient (Wildman–Crippen LogP) is 4.09. The monoisotopic (exact) mass is 367 g/mol. The minimum atomic E-state index is -0.551. The number of aryl methyl sites for hydroxylation is 2. The van der Waals surface area contributed by atoms with E-state index in [-0.39, 0.29) is 12.4 Å². The Labute approximate surface area is 156 Å². The molecule has 0 spiro atoms. The van der Waals surface area contributed by atoms with Crippen molar-refractivity contribution in [1.82, 2.24) is 9.78 Å². The second kappa shape index (κ2) is 7.90. The summed E-state index contributed by atoms with van der Waals surface area (Å²) in [4.78, 5) is 23.2. The number of rotatable bonds is 6. The van der Waals surface area contributed by atoms with E-state index in [4.69, 9.17) is 9.15 Å². The van der Waals surface area contributed by atoms with E-state index in [1.807, 2.05) is 32.0 Å². The summed E-state index contributed by atoms with van der Waals surface area (Å²) < 4.78 is 12.3. The maximum atomic E-state index is 12.0. The molecule has 140 valence electrons. The van der Waals surface area contributed by atoms with E-state index in [0.29, 0.717) is 23.8 Å². The summed E-state index contributed by atoms with van der Waals surface area (Å²) in [5.74, 6) is 0.785. The van der Waals surface area contributed by atoms with E-state index in [0.717, 1.165) is 11.1 Å². The van der Waals surface area contributed by atoms with Crippen LogP contribution < -0.4 is 5.32 Å². The van der Waals surface area contributed by atoms with Gasteiger partial charge in [0.15, 0.2) is 11.5 Å². The lowest BCUT2D eigenvalue weighted by atomic mass is 10.1. The summed E-state index contributed by atoms with van der Waals surface area (Å²) in [6.45, 7) is 6.05. The van der Waals surface area contributed by atoms with E-state index in [9.17, 15) is 9.59 Å². The lowest BCUT2D eigenvalue weighted by Gasteiger charge is -2.07. The number of carbonyl (C=O) groups is 2. The van der Waals surface area contributed by atoms with Crippen molar-refractivity contribution < 1.29 is 18.7 Å². The Bertz CT molecular complexity index is 971. The molecule has 0 atom stereocenters. The van der Waals surface area contributed by atoms with Crippen molar-refractivity contribution in [3.63, 3.8) is 0 Å². The van der Waals surface area contributed by atoms with Crippen molar-refractivity contribution in [2.75, 3.05) is 5.32 Å². The average Bonchev–Trinajstić information content (AvgIpc) is 3.26. The van der Waals surface area contributed by atoms with Gasteiger partial charge >= 0.3 is 6.09 Å². The number of ketones is 1. The normalized spacial score (nSPS) is 10.6. The molecule has 0 radical (unpaired) electrons. The van der Waals surface area contributed by atoms with Gasteiger partial charge in [0.1, 0.15) is 12.4 Å². The van der Waals surface area contributed by atoms with Crippen LogP contribution in [0.2, 0.25) is 0 Å². The first-order valence-corrected chi connectivity index (χ1v) is 8.53. The first-order chi connectivity index (χ1) is 12.9. The Morgan fingerprint density at radius 2 is 2.00 bits per heavy atom. The highest BCUT2D eigenvalue weighted by atomic mass is 16.5. The first-order valence-electron chi connectivity index (χ1n) is 8.53. The summed E-state index contributed by atoms with van der Waals surface area (Å²) in [6.07, 6.45) is 2.63. The fraction of sp³-hybridized carbons (Fsp3) is 0.250. The molecule has 0 fully saturated rings. The summed E-state index contributed by atoms with van der Waals surface area (Å²) in [7, 11) is 0. The van der Waals surface area contributed by atoms with Gasteiger partial charge in [0.2, 0.25) is 0 Å². The molecule has 0 aliphatic rings. The lowest BCUT2D eigenvalue weighted by Crippen LogP contribution is -2.13. The molecular weight excluding hydrogens is 346 g/mol. The van der Waals surface area contributed by atoms with Crippen LogP contribution in [-0.4, -0.2) is 21.7 Å². The van der Waals surface area contributed by atoms with Crippen molar-refractivity contribution in [3.05, 3.63) is 70.9 Å². The number of hydrogen-bond acceptors (Lipinski definition) is 5. The standard InChI is InChI=1S/C20H21N3O4/c1-13-4-5-16(8-14(13)2)12-26-20(25)22-17-9-21-23(10-17)11-18-6-7-19(27-18)15(3)24/h4-10H,11-12H2,1-3H3,(H,22,25). The van der Waals surface area contributed by atoms with Crippen LogP contribution in [0.5, 0.6) is 0 Å². The minimum absolute atomic E-state index is 0.129. The van der Waals surface area contributed by atoms with E-state index >= 15 is 0 Å². The van der Waals surface area contributed by atoms with Crippen molar-refractivity contribution in [1.29, 1.82) is 0 Å². The second-order valence-electron chi connectivity index (χ2n) is 6.37. The van der Waals surface area contributed by atoms with Gasteiger partial charge in [0.25, 0.3) is 0 Å². The Morgan fingerprint density at radius 3 is 2.70 bits per heavy atom. The van der Waals surface area contributed by atoms with Gasteiger partial charge in [-0.25, -0.2) is 4.79 Å². The lowest BCUT2D eigenvalue weighted by molar-refractivity contribution is 0.0985. The number of furan rings is 1. The molecule has 7 nitrogen and oxygen atoms in total. The van der Waals surface area contributed by atoms with Crippen molar-refractivity contribution in [2.24, 2.45) is 0 Å². The molecule has 0 aliphatic carbocycles. The fourth-order valence-corrected chi connectivity index (χ4v) is 2.52. The van der Waals surface area contributed by atoms with Gasteiger partial charge in [-0.1, -0.05) is 18.2 Å². The summed E-state index contributed by atoms with van der Waals surface area (Å²) in [5, 5.41) is 6.80. The molecule has 0 bridgehead atoms. The number of benzene rings is 1. The number of hydrogen-bond donors (Lipinski definition) is 1. The molecule has 27 heavy (non-hydrogen) atoms. The quantitative estimate of drug-likeness (QED) is 0.663. The highest BCUT2D eigenvalue weighted by molar-refractivity contribution is 5.91. The average molecular weight is 367 g/mol. The third kappa shape index (κ3) is 4.84. The molecule has 0 aliphatic heterocycles. The summed E-state index contributed by atoms with van der Waals surface area (Å²) >= 11 is 0. The van der Waals surface area contributed by atoms with Gasteiger partial charge in [-0.15, -0.1) is 0 Å². The van der Waals surface area contributed by atoms with E-state index in [1.54, 1.807) is 23.0 Å². The Balaban J connectivity index is 1.52. The highest BCUT2D eigenvalue weighted by Crippen LogP contribution is 2.13.